The number of hydrogen-bond acceptors (Lipinski definition) is 3. The van der Waals surface area contributed by atoms with E-state index < -0.39 is 0 Å². The first kappa shape index (κ1) is 16.4. The molecule has 1 saturated carbocycles. The van der Waals surface area contributed by atoms with Gasteiger partial charge in [0, 0.05) is 24.5 Å². The Balaban J connectivity index is 2.61. The van der Waals surface area contributed by atoms with Crippen LogP contribution in [-0.2, 0) is 4.79 Å². The number of carbonyl (C=O) groups excluding carboxylic acids is 1. The van der Waals surface area contributed by atoms with E-state index in [0.29, 0.717) is 18.5 Å². The Labute approximate surface area is 118 Å². The molecule has 4 unspecified atom stereocenters. The minimum atomic E-state index is -0.0247. The summed E-state index contributed by atoms with van der Waals surface area (Å²) in [5.41, 5.74) is 6.12. The highest BCUT2D eigenvalue weighted by atomic mass is 16.1. The molecule has 0 aromatic heterocycles. The molecule has 1 aliphatic carbocycles. The van der Waals surface area contributed by atoms with Crippen LogP contribution in [0.15, 0.2) is 0 Å². The second-order valence-electron chi connectivity index (χ2n) is 6.96. The van der Waals surface area contributed by atoms with Crippen molar-refractivity contribution >= 4 is 5.91 Å². The molecule has 0 bridgehead atoms. The Bertz CT molecular complexity index is 315. The van der Waals surface area contributed by atoms with Gasteiger partial charge in [0.25, 0.3) is 0 Å². The van der Waals surface area contributed by atoms with Gasteiger partial charge < -0.3 is 16.0 Å². The van der Waals surface area contributed by atoms with Crippen molar-refractivity contribution < 1.29 is 4.79 Å². The van der Waals surface area contributed by atoms with E-state index in [9.17, 15) is 4.79 Å². The van der Waals surface area contributed by atoms with Crippen LogP contribution >= 0.6 is 0 Å². The molecule has 0 saturated heterocycles. The highest BCUT2D eigenvalue weighted by Gasteiger charge is 2.44. The Morgan fingerprint density at radius 2 is 2.00 bits per heavy atom. The summed E-state index contributed by atoms with van der Waals surface area (Å²) in [6.45, 7) is 9.35. The molecule has 1 rings (SSSR count). The van der Waals surface area contributed by atoms with Crippen molar-refractivity contribution in [2.45, 2.75) is 52.6 Å². The van der Waals surface area contributed by atoms with E-state index in [1.165, 1.54) is 0 Å². The van der Waals surface area contributed by atoms with E-state index in [2.05, 4.69) is 37.9 Å². The molecule has 19 heavy (non-hydrogen) atoms. The van der Waals surface area contributed by atoms with Gasteiger partial charge in [0.15, 0.2) is 0 Å². The van der Waals surface area contributed by atoms with Crippen molar-refractivity contribution in [2.24, 2.45) is 23.0 Å². The number of nitrogens with one attached hydrogen (secondary N) is 1. The van der Waals surface area contributed by atoms with Crippen LogP contribution < -0.4 is 11.1 Å². The molecule has 0 heterocycles. The normalized spacial score (nSPS) is 32.1. The zero-order valence-electron chi connectivity index (χ0n) is 13.4. The monoisotopic (exact) mass is 269 g/mol. The van der Waals surface area contributed by atoms with Gasteiger partial charge in [-0.15, -0.1) is 0 Å². The molecule has 1 fully saturated rings. The number of likely N-dealkylation sites (N-methyl/N-ethyl adjacent to an activating group) is 1. The van der Waals surface area contributed by atoms with E-state index in [4.69, 9.17) is 5.73 Å². The zero-order chi connectivity index (χ0) is 14.8. The molecule has 0 radical (unpaired) electrons. The van der Waals surface area contributed by atoms with Gasteiger partial charge in [0.1, 0.15) is 0 Å². The second kappa shape index (κ2) is 6.23. The Kier molecular flexibility index (Phi) is 5.39. The molecule has 0 aliphatic heterocycles. The number of nitrogens with two attached hydrogens (primary N) is 1. The molecule has 4 atom stereocenters. The predicted molar refractivity (Wildman–Crippen MR) is 79.8 cm³/mol. The lowest BCUT2D eigenvalue weighted by atomic mass is 9.61. The van der Waals surface area contributed by atoms with Crippen LogP contribution in [0, 0.1) is 17.3 Å². The van der Waals surface area contributed by atoms with E-state index in [-0.39, 0.29) is 23.3 Å². The van der Waals surface area contributed by atoms with Crippen LogP contribution in [0.3, 0.4) is 0 Å². The van der Waals surface area contributed by atoms with Gasteiger partial charge >= 0.3 is 0 Å². The van der Waals surface area contributed by atoms with Crippen LogP contribution in [0.25, 0.3) is 0 Å². The minimum absolute atomic E-state index is 0.0247. The quantitative estimate of drug-likeness (QED) is 0.812. The predicted octanol–water partition coefficient (Wildman–Crippen LogP) is 1.45. The SMILES string of the molecule is CC(CNC(=O)C1CCC(N)C(C)C1(C)C)N(C)C. The number of nitrogens with zero attached hydrogens (tertiary/aromatic N) is 1. The Hall–Kier alpha value is -0.610. The lowest BCUT2D eigenvalue weighted by Gasteiger charge is -2.46. The smallest absolute Gasteiger partial charge is 0.223 e. The zero-order valence-corrected chi connectivity index (χ0v) is 13.4. The van der Waals surface area contributed by atoms with Crippen molar-refractivity contribution in [3.05, 3.63) is 0 Å². The maximum Gasteiger partial charge on any atom is 0.223 e. The molecular weight excluding hydrogens is 238 g/mol. The third-order valence-corrected chi connectivity index (χ3v) is 5.27. The van der Waals surface area contributed by atoms with Crippen molar-refractivity contribution in [1.82, 2.24) is 10.2 Å². The van der Waals surface area contributed by atoms with Crippen molar-refractivity contribution in [1.29, 1.82) is 0 Å². The average molecular weight is 269 g/mol. The second-order valence-corrected chi connectivity index (χ2v) is 6.96. The summed E-state index contributed by atoms with van der Waals surface area (Å²) >= 11 is 0. The number of carbonyl (C=O) groups is 1. The standard InChI is InChI=1S/C15H31N3O/c1-10(18(5)6)9-17-14(19)12-7-8-13(16)11(2)15(12,3)4/h10-13H,7-9,16H2,1-6H3,(H,17,19). The van der Waals surface area contributed by atoms with E-state index in [1.807, 2.05) is 14.1 Å². The van der Waals surface area contributed by atoms with Crippen LogP contribution in [-0.4, -0.2) is 43.5 Å². The van der Waals surface area contributed by atoms with Crippen LogP contribution in [0.1, 0.15) is 40.5 Å². The van der Waals surface area contributed by atoms with Crippen LogP contribution in [0.4, 0.5) is 0 Å². The fourth-order valence-corrected chi connectivity index (χ4v) is 2.87. The summed E-state index contributed by atoms with van der Waals surface area (Å²) in [5.74, 6) is 0.650. The lowest BCUT2D eigenvalue weighted by Crippen LogP contribution is -2.52. The summed E-state index contributed by atoms with van der Waals surface area (Å²) in [5, 5.41) is 3.10. The molecule has 0 aromatic rings. The van der Waals surface area contributed by atoms with Gasteiger partial charge in [-0.1, -0.05) is 20.8 Å². The highest BCUT2D eigenvalue weighted by molar-refractivity contribution is 5.79. The largest absolute Gasteiger partial charge is 0.354 e. The number of amides is 1. The summed E-state index contributed by atoms with van der Waals surface area (Å²) in [6, 6.07) is 0.579. The molecule has 0 aromatic carbocycles. The highest BCUT2D eigenvalue weighted by Crippen LogP contribution is 2.44. The van der Waals surface area contributed by atoms with Gasteiger partial charge in [0.05, 0.1) is 0 Å². The van der Waals surface area contributed by atoms with E-state index >= 15 is 0 Å². The molecule has 1 amide bonds. The van der Waals surface area contributed by atoms with Crippen molar-refractivity contribution in [3.8, 4) is 0 Å². The summed E-state index contributed by atoms with van der Waals surface area (Å²) in [6.07, 6.45) is 1.85. The maximum atomic E-state index is 12.4. The van der Waals surface area contributed by atoms with Gasteiger partial charge in [-0.25, -0.2) is 0 Å². The molecule has 0 spiro atoms. The fourth-order valence-electron chi connectivity index (χ4n) is 2.87. The van der Waals surface area contributed by atoms with Gasteiger partial charge in [-0.3, -0.25) is 4.79 Å². The molecule has 4 heteroatoms. The maximum absolute atomic E-state index is 12.4. The lowest BCUT2D eigenvalue weighted by molar-refractivity contribution is -0.132. The molecular formula is C15H31N3O. The summed E-state index contributed by atoms with van der Waals surface area (Å²) in [4.78, 5) is 14.5. The molecule has 4 nitrogen and oxygen atoms in total. The van der Waals surface area contributed by atoms with Crippen molar-refractivity contribution in [3.63, 3.8) is 0 Å². The van der Waals surface area contributed by atoms with Gasteiger partial charge in [-0.05, 0) is 45.2 Å². The average Bonchev–Trinajstić information content (AvgIpc) is 2.32. The third kappa shape index (κ3) is 3.69. The number of rotatable bonds is 4. The molecule has 3 N–H and O–H groups in total. The Morgan fingerprint density at radius 1 is 1.42 bits per heavy atom. The first-order chi connectivity index (χ1) is 8.67. The minimum Gasteiger partial charge on any atom is -0.354 e. The van der Waals surface area contributed by atoms with Crippen LogP contribution in [0.2, 0.25) is 0 Å². The van der Waals surface area contributed by atoms with Crippen LogP contribution in [0.5, 0.6) is 0 Å². The number of hydrogen-bond donors (Lipinski definition) is 2. The third-order valence-electron chi connectivity index (χ3n) is 5.27. The fraction of sp³-hybridized carbons (Fsp3) is 0.933. The Morgan fingerprint density at radius 3 is 2.53 bits per heavy atom. The summed E-state index contributed by atoms with van der Waals surface area (Å²) < 4.78 is 0. The van der Waals surface area contributed by atoms with Gasteiger partial charge in [-0.2, -0.15) is 0 Å². The first-order valence-electron chi connectivity index (χ1n) is 7.37. The summed E-state index contributed by atoms with van der Waals surface area (Å²) in [7, 11) is 4.06. The molecule has 1 aliphatic rings. The molecule has 112 valence electrons. The van der Waals surface area contributed by atoms with Crippen molar-refractivity contribution in [2.75, 3.05) is 20.6 Å². The first-order valence-corrected chi connectivity index (χ1v) is 7.37. The topological polar surface area (TPSA) is 58.4 Å². The van der Waals surface area contributed by atoms with E-state index in [1.54, 1.807) is 0 Å². The van der Waals surface area contributed by atoms with Gasteiger partial charge in [0.2, 0.25) is 5.91 Å². The van der Waals surface area contributed by atoms with E-state index in [0.717, 1.165) is 12.8 Å².